The monoisotopic (exact) mass is 302 g/mol. The highest BCUT2D eigenvalue weighted by molar-refractivity contribution is 5.33. The summed E-state index contributed by atoms with van der Waals surface area (Å²) in [4.78, 5) is 5.29. The second-order valence-electron chi connectivity index (χ2n) is 7.68. The molecule has 1 aliphatic heterocycles. The van der Waals surface area contributed by atoms with Crippen molar-refractivity contribution in [1.29, 1.82) is 0 Å². The molecule has 1 aromatic rings. The van der Waals surface area contributed by atoms with Crippen LogP contribution in [0.4, 0.5) is 0 Å². The smallest absolute Gasteiger partial charge is 0.123 e. The largest absolute Gasteiger partial charge is 0.496 e. The number of piperazine rings is 1. The molecule has 0 bridgehead atoms. The first-order valence-electron chi connectivity index (χ1n) is 8.66. The molecule has 0 amide bonds. The van der Waals surface area contributed by atoms with Crippen LogP contribution in [0, 0.1) is 5.41 Å². The van der Waals surface area contributed by atoms with Crippen LogP contribution >= 0.6 is 0 Å². The average Bonchev–Trinajstić information content (AvgIpc) is 2.89. The second kappa shape index (κ2) is 6.59. The van der Waals surface area contributed by atoms with Gasteiger partial charge in [0.15, 0.2) is 0 Å². The lowest BCUT2D eigenvalue weighted by atomic mass is 9.91. The highest BCUT2D eigenvalue weighted by atomic mass is 16.5. The Hall–Kier alpha value is -1.06. The Morgan fingerprint density at radius 1 is 1.14 bits per heavy atom. The fourth-order valence-electron chi connectivity index (χ4n) is 4.07. The quantitative estimate of drug-likeness (QED) is 0.848. The highest BCUT2D eigenvalue weighted by Gasteiger charge is 2.35. The lowest BCUT2D eigenvalue weighted by molar-refractivity contribution is 0.0891. The van der Waals surface area contributed by atoms with E-state index in [1.807, 2.05) is 6.07 Å². The van der Waals surface area contributed by atoms with E-state index in [4.69, 9.17) is 4.74 Å². The summed E-state index contributed by atoms with van der Waals surface area (Å²) < 4.78 is 5.48. The standard InChI is InChI=1S/C19H30N2O/c1-19(2)9-8-17(14-19)21-12-10-20(11-13-21)15-16-6-4-5-7-18(16)22-3/h4-7,17H,8-15H2,1-3H3. The summed E-state index contributed by atoms with van der Waals surface area (Å²) in [5, 5.41) is 0. The molecule has 3 heteroatoms. The van der Waals surface area contributed by atoms with Gasteiger partial charge in [0.2, 0.25) is 0 Å². The number of para-hydroxylation sites is 1. The van der Waals surface area contributed by atoms with Crippen molar-refractivity contribution < 1.29 is 4.74 Å². The van der Waals surface area contributed by atoms with Gasteiger partial charge < -0.3 is 4.74 Å². The van der Waals surface area contributed by atoms with Gasteiger partial charge in [-0.05, 0) is 30.7 Å². The van der Waals surface area contributed by atoms with Crippen LogP contribution in [0.15, 0.2) is 24.3 Å². The average molecular weight is 302 g/mol. The molecule has 1 saturated carbocycles. The van der Waals surface area contributed by atoms with Crippen LogP contribution in [-0.4, -0.2) is 49.1 Å². The van der Waals surface area contributed by atoms with Crippen molar-refractivity contribution in [3.8, 4) is 5.75 Å². The van der Waals surface area contributed by atoms with Gasteiger partial charge in [-0.2, -0.15) is 0 Å². The molecular weight excluding hydrogens is 272 g/mol. The summed E-state index contributed by atoms with van der Waals surface area (Å²) in [6, 6.07) is 9.22. The zero-order valence-corrected chi connectivity index (χ0v) is 14.3. The van der Waals surface area contributed by atoms with E-state index in [2.05, 4.69) is 41.8 Å². The topological polar surface area (TPSA) is 15.7 Å². The van der Waals surface area contributed by atoms with Crippen LogP contribution in [0.2, 0.25) is 0 Å². The Morgan fingerprint density at radius 2 is 1.86 bits per heavy atom. The number of nitrogens with zero attached hydrogens (tertiary/aromatic N) is 2. The number of ether oxygens (including phenoxy) is 1. The first-order valence-corrected chi connectivity index (χ1v) is 8.66. The molecule has 0 spiro atoms. The Bertz CT molecular complexity index is 492. The minimum absolute atomic E-state index is 0.555. The Kier molecular flexibility index (Phi) is 4.74. The number of benzene rings is 1. The third kappa shape index (κ3) is 3.64. The minimum Gasteiger partial charge on any atom is -0.496 e. The third-order valence-corrected chi connectivity index (χ3v) is 5.45. The van der Waals surface area contributed by atoms with Crippen molar-refractivity contribution in [3.05, 3.63) is 29.8 Å². The molecular formula is C19H30N2O. The van der Waals surface area contributed by atoms with Crippen LogP contribution in [0.3, 0.4) is 0 Å². The van der Waals surface area contributed by atoms with E-state index in [1.165, 1.54) is 51.0 Å². The predicted octanol–water partition coefficient (Wildman–Crippen LogP) is 3.39. The maximum absolute atomic E-state index is 5.48. The van der Waals surface area contributed by atoms with E-state index in [0.29, 0.717) is 5.41 Å². The molecule has 1 unspecified atom stereocenters. The van der Waals surface area contributed by atoms with Crippen LogP contribution in [0.5, 0.6) is 5.75 Å². The van der Waals surface area contributed by atoms with Crippen molar-refractivity contribution in [1.82, 2.24) is 9.80 Å². The molecule has 122 valence electrons. The predicted molar refractivity (Wildman–Crippen MR) is 91.3 cm³/mol. The molecule has 2 fully saturated rings. The summed E-state index contributed by atoms with van der Waals surface area (Å²) in [6.07, 6.45) is 4.15. The van der Waals surface area contributed by atoms with Gasteiger partial charge in [-0.3, -0.25) is 9.80 Å². The zero-order chi connectivity index (χ0) is 15.6. The van der Waals surface area contributed by atoms with Gasteiger partial charge in [0.25, 0.3) is 0 Å². The molecule has 1 atom stereocenters. The van der Waals surface area contributed by atoms with Crippen molar-refractivity contribution in [2.24, 2.45) is 5.41 Å². The molecule has 2 aliphatic rings. The van der Waals surface area contributed by atoms with E-state index in [1.54, 1.807) is 7.11 Å². The Morgan fingerprint density at radius 3 is 2.50 bits per heavy atom. The van der Waals surface area contributed by atoms with Crippen LogP contribution in [-0.2, 0) is 6.54 Å². The van der Waals surface area contributed by atoms with Crippen molar-refractivity contribution >= 4 is 0 Å². The molecule has 3 rings (SSSR count). The lowest BCUT2D eigenvalue weighted by Gasteiger charge is -2.38. The van der Waals surface area contributed by atoms with Gasteiger partial charge in [0.05, 0.1) is 7.11 Å². The minimum atomic E-state index is 0.555. The summed E-state index contributed by atoms with van der Waals surface area (Å²) >= 11 is 0. The van der Waals surface area contributed by atoms with Gasteiger partial charge in [0.1, 0.15) is 5.75 Å². The van der Waals surface area contributed by atoms with Gasteiger partial charge in [-0.25, -0.2) is 0 Å². The third-order valence-electron chi connectivity index (χ3n) is 5.45. The number of hydrogen-bond acceptors (Lipinski definition) is 3. The summed E-state index contributed by atoms with van der Waals surface area (Å²) in [5.74, 6) is 1.02. The normalized spacial score (nSPS) is 26.2. The van der Waals surface area contributed by atoms with Gasteiger partial charge in [0, 0.05) is 44.3 Å². The first kappa shape index (κ1) is 15.8. The Labute approximate surface area is 135 Å². The maximum Gasteiger partial charge on any atom is 0.123 e. The number of hydrogen-bond donors (Lipinski definition) is 0. The van der Waals surface area contributed by atoms with E-state index in [0.717, 1.165) is 18.3 Å². The molecule has 1 aromatic carbocycles. The number of methoxy groups -OCH3 is 1. The van der Waals surface area contributed by atoms with Gasteiger partial charge in [-0.1, -0.05) is 32.0 Å². The van der Waals surface area contributed by atoms with Crippen molar-refractivity contribution in [3.63, 3.8) is 0 Å². The fraction of sp³-hybridized carbons (Fsp3) is 0.684. The molecule has 1 heterocycles. The Balaban J connectivity index is 1.52. The summed E-state index contributed by atoms with van der Waals surface area (Å²) in [6.45, 7) is 10.6. The van der Waals surface area contributed by atoms with E-state index in [9.17, 15) is 0 Å². The molecule has 0 aromatic heterocycles. The molecule has 0 radical (unpaired) electrons. The highest BCUT2D eigenvalue weighted by Crippen LogP contribution is 2.39. The summed E-state index contributed by atoms with van der Waals surface area (Å²) in [5.41, 5.74) is 1.86. The molecule has 22 heavy (non-hydrogen) atoms. The SMILES string of the molecule is COc1ccccc1CN1CCN(C2CCC(C)(C)C2)CC1. The molecule has 0 N–H and O–H groups in total. The first-order chi connectivity index (χ1) is 10.6. The van der Waals surface area contributed by atoms with Gasteiger partial charge >= 0.3 is 0 Å². The lowest BCUT2D eigenvalue weighted by Crippen LogP contribution is -2.49. The van der Waals surface area contributed by atoms with Crippen molar-refractivity contribution in [2.75, 3.05) is 33.3 Å². The van der Waals surface area contributed by atoms with Crippen molar-refractivity contribution in [2.45, 2.75) is 45.7 Å². The van der Waals surface area contributed by atoms with Gasteiger partial charge in [-0.15, -0.1) is 0 Å². The van der Waals surface area contributed by atoms with Crippen LogP contribution in [0.1, 0.15) is 38.7 Å². The zero-order valence-electron chi connectivity index (χ0n) is 14.3. The van der Waals surface area contributed by atoms with E-state index >= 15 is 0 Å². The molecule has 3 nitrogen and oxygen atoms in total. The molecule has 1 saturated heterocycles. The van der Waals surface area contributed by atoms with Crippen LogP contribution in [0.25, 0.3) is 0 Å². The second-order valence-corrected chi connectivity index (χ2v) is 7.68. The molecule has 1 aliphatic carbocycles. The summed E-state index contributed by atoms with van der Waals surface area (Å²) in [7, 11) is 1.76. The van der Waals surface area contributed by atoms with E-state index in [-0.39, 0.29) is 0 Å². The number of rotatable bonds is 4. The maximum atomic E-state index is 5.48. The van der Waals surface area contributed by atoms with E-state index < -0.39 is 0 Å². The van der Waals surface area contributed by atoms with Crippen LogP contribution < -0.4 is 4.74 Å². The fourth-order valence-corrected chi connectivity index (χ4v) is 4.07.